The molecule has 0 aliphatic rings. The fourth-order valence-corrected chi connectivity index (χ4v) is 2.06. The maximum atomic E-state index is 10.9. The number of carboxylic acid groups (broad SMARTS) is 1. The van der Waals surface area contributed by atoms with Crippen LogP contribution < -0.4 is 5.32 Å². The Labute approximate surface area is 131 Å². The molecule has 23 heavy (non-hydrogen) atoms. The van der Waals surface area contributed by atoms with E-state index in [0.29, 0.717) is 29.5 Å². The zero-order valence-corrected chi connectivity index (χ0v) is 12.2. The van der Waals surface area contributed by atoms with E-state index in [4.69, 9.17) is 5.11 Å². The number of amides is 1. The molecule has 9 heteroatoms. The number of carbonyl (C=O) groups is 1. The van der Waals surface area contributed by atoms with E-state index in [1.54, 1.807) is 7.05 Å². The average Bonchev–Trinajstić information content (AvgIpc) is 2.94. The van der Waals surface area contributed by atoms with Gasteiger partial charge in [0.15, 0.2) is 5.82 Å². The standard InChI is InChI=1S/C14H13N7O2/c1-21-19-12(18-20-21)7-11-15-8-10(16-14(22)23)13(17-11)9-5-3-2-4-6-9/h2-6,8,16H,7H2,1H3,(H,22,23). The lowest BCUT2D eigenvalue weighted by Crippen LogP contribution is -2.11. The van der Waals surface area contributed by atoms with Gasteiger partial charge in [-0.15, -0.1) is 10.2 Å². The summed E-state index contributed by atoms with van der Waals surface area (Å²) < 4.78 is 0. The predicted octanol–water partition coefficient (Wildman–Crippen LogP) is 1.35. The number of benzene rings is 1. The van der Waals surface area contributed by atoms with Crippen molar-refractivity contribution in [3.8, 4) is 11.3 Å². The van der Waals surface area contributed by atoms with E-state index in [1.165, 1.54) is 11.0 Å². The molecule has 1 aromatic carbocycles. The largest absolute Gasteiger partial charge is 0.465 e. The third-order valence-corrected chi connectivity index (χ3v) is 2.99. The zero-order valence-electron chi connectivity index (χ0n) is 12.2. The van der Waals surface area contributed by atoms with Crippen LogP contribution in [0, 0.1) is 0 Å². The lowest BCUT2D eigenvalue weighted by molar-refractivity contribution is 0.209. The minimum Gasteiger partial charge on any atom is -0.465 e. The number of anilines is 1. The van der Waals surface area contributed by atoms with Crippen molar-refractivity contribution in [3.05, 3.63) is 48.2 Å². The summed E-state index contributed by atoms with van der Waals surface area (Å²) in [6.45, 7) is 0. The van der Waals surface area contributed by atoms with E-state index in [-0.39, 0.29) is 0 Å². The van der Waals surface area contributed by atoms with Crippen LogP contribution >= 0.6 is 0 Å². The first kappa shape index (κ1) is 14.6. The minimum atomic E-state index is -1.17. The molecule has 116 valence electrons. The van der Waals surface area contributed by atoms with Gasteiger partial charge in [-0.2, -0.15) is 4.80 Å². The van der Waals surface area contributed by atoms with Crippen LogP contribution in [-0.4, -0.2) is 41.4 Å². The Hall–Kier alpha value is -3.36. The van der Waals surface area contributed by atoms with E-state index in [9.17, 15) is 4.79 Å². The van der Waals surface area contributed by atoms with Gasteiger partial charge < -0.3 is 5.11 Å². The maximum absolute atomic E-state index is 10.9. The highest BCUT2D eigenvalue weighted by atomic mass is 16.4. The van der Waals surface area contributed by atoms with Crippen molar-refractivity contribution in [3.63, 3.8) is 0 Å². The van der Waals surface area contributed by atoms with E-state index in [1.807, 2.05) is 30.3 Å². The summed E-state index contributed by atoms with van der Waals surface area (Å²) >= 11 is 0. The summed E-state index contributed by atoms with van der Waals surface area (Å²) in [5, 5.41) is 23.0. The Bertz CT molecular complexity index is 832. The van der Waals surface area contributed by atoms with Crippen LogP contribution in [0.5, 0.6) is 0 Å². The molecule has 0 atom stereocenters. The lowest BCUT2D eigenvalue weighted by atomic mass is 10.1. The van der Waals surface area contributed by atoms with E-state index in [2.05, 4.69) is 30.7 Å². The zero-order chi connectivity index (χ0) is 16.2. The molecule has 0 spiro atoms. The Morgan fingerprint density at radius 3 is 2.70 bits per heavy atom. The van der Waals surface area contributed by atoms with Gasteiger partial charge in [-0.25, -0.2) is 14.8 Å². The molecule has 0 unspecified atom stereocenters. The molecule has 0 bridgehead atoms. The smallest absolute Gasteiger partial charge is 0.409 e. The van der Waals surface area contributed by atoms with Crippen molar-refractivity contribution in [1.82, 2.24) is 30.2 Å². The van der Waals surface area contributed by atoms with E-state index < -0.39 is 6.09 Å². The first-order chi connectivity index (χ1) is 11.1. The normalized spacial score (nSPS) is 10.5. The second kappa shape index (κ2) is 6.18. The predicted molar refractivity (Wildman–Crippen MR) is 80.7 cm³/mol. The van der Waals surface area contributed by atoms with Crippen LogP contribution in [0.4, 0.5) is 10.5 Å². The number of tetrazole rings is 1. The summed E-state index contributed by atoms with van der Waals surface area (Å²) in [4.78, 5) is 20.9. The molecule has 9 nitrogen and oxygen atoms in total. The molecule has 0 saturated carbocycles. The Balaban J connectivity index is 1.98. The Morgan fingerprint density at radius 2 is 2.04 bits per heavy atom. The third-order valence-electron chi connectivity index (χ3n) is 2.99. The van der Waals surface area contributed by atoms with Crippen molar-refractivity contribution >= 4 is 11.8 Å². The number of aromatic nitrogens is 6. The van der Waals surface area contributed by atoms with Crippen LogP contribution in [0.2, 0.25) is 0 Å². The van der Waals surface area contributed by atoms with Crippen LogP contribution in [0.25, 0.3) is 11.3 Å². The van der Waals surface area contributed by atoms with Gasteiger partial charge in [0.25, 0.3) is 0 Å². The number of hydrogen-bond donors (Lipinski definition) is 2. The second-order valence-corrected chi connectivity index (χ2v) is 4.72. The van der Waals surface area contributed by atoms with Gasteiger partial charge in [-0.05, 0) is 5.21 Å². The minimum absolute atomic E-state index is 0.307. The number of hydrogen-bond acceptors (Lipinski definition) is 6. The van der Waals surface area contributed by atoms with E-state index >= 15 is 0 Å². The van der Waals surface area contributed by atoms with Gasteiger partial charge in [0.05, 0.1) is 31.0 Å². The summed E-state index contributed by atoms with van der Waals surface area (Å²) in [7, 11) is 1.67. The Morgan fingerprint density at radius 1 is 1.26 bits per heavy atom. The first-order valence-electron chi connectivity index (χ1n) is 6.76. The second-order valence-electron chi connectivity index (χ2n) is 4.72. The molecule has 2 heterocycles. The number of nitrogens with zero attached hydrogens (tertiary/aromatic N) is 6. The van der Waals surface area contributed by atoms with Gasteiger partial charge in [-0.1, -0.05) is 30.3 Å². The molecule has 0 radical (unpaired) electrons. The highest BCUT2D eigenvalue weighted by molar-refractivity contribution is 5.88. The topological polar surface area (TPSA) is 119 Å². The molecular weight excluding hydrogens is 298 g/mol. The van der Waals surface area contributed by atoms with Crippen molar-refractivity contribution in [1.29, 1.82) is 0 Å². The molecule has 0 aliphatic carbocycles. The Kier molecular flexibility index (Phi) is 3.91. The van der Waals surface area contributed by atoms with Gasteiger partial charge in [0.2, 0.25) is 0 Å². The van der Waals surface area contributed by atoms with Gasteiger partial charge in [0.1, 0.15) is 5.82 Å². The van der Waals surface area contributed by atoms with Gasteiger partial charge in [-0.3, -0.25) is 5.32 Å². The van der Waals surface area contributed by atoms with Crippen LogP contribution in [0.1, 0.15) is 11.6 Å². The molecule has 3 rings (SSSR count). The third kappa shape index (κ3) is 3.46. The first-order valence-corrected chi connectivity index (χ1v) is 6.76. The molecule has 2 N–H and O–H groups in total. The van der Waals surface area contributed by atoms with Crippen LogP contribution in [0.15, 0.2) is 36.5 Å². The van der Waals surface area contributed by atoms with Crippen LogP contribution in [-0.2, 0) is 13.5 Å². The molecular formula is C14H13N7O2. The van der Waals surface area contributed by atoms with Crippen molar-refractivity contribution in [2.45, 2.75) is 6.42 Å². The molecule has 3 aromatic rings. The molecule has 0 aliphatic heterocycles. The summed E-state index contributed by atoms with van der Waals surface area (Å²) in [5.74, 6) is 0.971. The summed E-state index contributed by atoms with van der Waals surface area (Å²) in [6, 6.07) is 9.27. The van der Waals surface area contributed by atoms with Gasteiger partial charge >= 0.3 is 6.09 Å². The maximum Gasteiger partial charge on any atom is 0.409 e. The molecule has 0 fully saturated rings. The number of aryl methyl sites for hydroxylation is 1. The van der Waals surface area contributed by atoms with Gasteiger partial charge in [0, 0.05) is 5.56 Å². The molecule has 0 saturated heterocycles. The molecule has 2 aromatic heterocycles. The fraction of sp³-hybridized carbons (Fsp3) is 0.143. The lowest BCUT2D eigenvalue weighted by Gasteiger charge is -2.09. The quantitative estimate of drug-likeness (QED) is 0.746. The fourth-order valence-electron chi connectivity index (χ4n) is 2.06. The summed E-state index contributed by atoms with van der Waals surface area (Å²) in [6.07, 6.45) is 0.574. The van der Waals surface area contributed by atoms with Crippen molar-refractivity contribution < 1.29 is 9.90 Å². The average molecular weight is 311 g/mol. The van der Waals surface area contributed by atoms with E-state index in [0.717, 1.165) is 5.56 Å². The van der Waals surface area contributed by atoms with Crippen molar-refractivity contribution in [2.24, 2.45) is 7.05 Å². The summed E-state index contributed by atoms with van der Waals surface area (Å²) in [5.41, 5.74) is 1.61. The number of nitrogens with one attached hydrogen (secondary N) is 1. The monoisotopic (exact) mass is 311 g/mol. The SMILES string of the molecule is Cn1nnc(Cc2ncc(NC(=O)O)c(-c3ccccc3)n2)n1. The highest BCUT2D eigenvalue weighted by Crippen LogP contribution is 2.25. The highest BCUT2D eigenvalue weighted by Gasteiger charge is 2.13. The number of rotatable bonds is 4. The van der Waals surface area contributed by atoms with Crippen LogP contribution in [0.3, 0.4) is 0 Å². The molecule has 1 amide bonds. The van der Waals surface area contributed by atoms with Crippen molar-refractivity contribution in [2.75, 3.05) is 5.32 Å².